The van der Waals surface area contributed by atoms with Crippen LogP contribution in [0.5, 0.6) is 0 Å². The summed E-state index contributed by atoms with van der Waals surface area (Å²) in [5, 5.41) is 16.1. The highest BCUT2D eigenvalue weighted by Crippen LogP contribution is 2.27. The molecule has 1 aliphatic heterocycles. The summed E-state index contributed by atoms with van der Waals surface area (Å²) in [5.41, 5.74) is 4.42. The van der Waals surface area contributed by atoms with Gasteiger partial charge >= 0.3 is 0 Å². The number of hydrogen-bond acceptors (Lipinski definition) is 9. The minimum atomic E-state index is -0.191. The summed E-state index contributed by atoms with van der Waals surface area (Å²) in [7, 11) is 0. The second kappa shape index (κ2) is 10.9. The van der Waals surface area contributed by atoms with E-state index in [0.29, 0.717) is 16.6 Å². The lowest BCUT2D eigenvalue weighted by Gasteiger charge is -2.35. The topological polar surface area (TPSA) is 107 Å². The SMILES string of the molecule is CCc1nccc(C)c1NC(=O)c1cnc(Nc2cc(C)nc(N3CCN(CCO)CC3)c2)s1. The number of pyridine rings is 2. The summed E-state index contributed by atoms with van der Waals surface area (Å²) in [6.45, 7) is 10.4. The van der Waals surface area contributed by atoms with E-state index in [1.54, 1.807) is 12.4 Å². The second-order valence-electron chi connectivity index (χ2n) is 8.32. The predicted molar refractivity (Wildman–Crippen MR) is 136 cm³/mol. The second-order valence-corrected chi connectivity index (χ2v) is 9.35. The maximum absolute atomic E-state index is 12.9. The van der Waals surface area contributed by atoms with Crippen molar-refractivity contribution < 1.29 is 9.90 Å². The molecule has 9 nitrogen and oxygen atoms in total. The molecule has 0 radical (unpaired) electrons. The van der Waals surface area contributed by atoms with E-state index in [2.05, 4.69) is 30.4 Å². The van der Waals surface area contributed by atoms with Crippen LogP contribution in [0.25, 0.3) is 0 Å². The van der Waals surface area contributed by atoms with Gasteiger partial charge in [-0.25, -0.2) is 9.97 Å². The molecule has 3 aromatic rings. The summed E-state index contributed by atoms with van der Waals surface area (Å²) >= 11 is 1.31. The molecule has 0 saturated carbocycles. The molecule has 4 heterocycles. The number of aromatic nitrogens is 3. The van der Waals surface area contributed by atoms with Crippen LogP contribution in [-0.2, 0) is 6.42 Å². The first kappa shape index (κ1) is 24.1. The number of rotatable bonds is 8. The fourth-order valence-corrected chi connectivity index (χ4v) is 4.75. The summed E-state index contributed by atoms with van der Waals surface area (Å²) < 4.78 is 0. The fourth-order valence-electron chi connectivity index (χ4n) is 4.02. The number of nitrogens with zero attached hydrogens (tertiary/aromatic N) is 5. The van der Waals surface area contributed by atoms with E-state index >= 15 is 0 Å². The number of aliphatic hydroxyl groups is 1. The zero-order valence-electron chi connectivity index (χ0n) is 19.8. The molecule has 1 saturated heterocycles. The number of β-amino-alcohol motifs (C(OH)–C–C–N with tert-alkyl or cyclic N) is 1. The molecule has 3 aromatic heterocycles. The average Bonchev–Trinajstić information content (AvgIpc) is 3.29. The lowest BCUT2D eigenvalue weighted by Crippen LogP contribution is -2.47. The summed E-state index contributed by atoms with van der Waals surface area (Å²) in [6.07, 6.45) is 4.10. The summed E-state index contributed by atoms with van der Waals surface area (Å²) in [5.74, 6) is 0.725. The number of aryl methyl sites for hydroxylation is 3. The van der Waals surface area contributed by atoms with Crippen molar-refractivity contribution >= 4 is 39.6 Å². The smallest absolute Gasteiger partial charge is 0.267 e. The van der Waals surface area contributed by atoms with E-state index < -0.39 is 0 Å². The molecule has 1 aliphatic rings. The van der Waals surface area contributed by atoms with Crippen LogP contribution in [0, 0.1) is 13.8 Å². The zero-order valence-corrected chi connectivity index (χ0v) is 20.7. The van der Waals surface area contributed by atoms with Crippen LogP contribution < -0.4 is 15.5 Å². The van der Waals surface area contributed by atoms with Gasteiger partial charge in [-0.2, -0.15) is 0 Å². The molecule has 1 fully saturated rings. The van der Waals surface area contributed by atoms with Gasteiger partial charge in [0.05, 0.1) is 24.2 Å². The Morgan fingerprint density at radius 2 is 1.97 bits per heavy atom. The Morgan fingerprint density at radius 3 is 2.71 bits per heavy atom. The number of carbonyl (C=O) groups excluding carboxylic acids is 1. The van der Waals surface area contributed by atoms with Crippen molar-refractivity contribution in [2.75, 3.05) is 54.9 Å². The zero-order chi connectivity index (χ0) is 24.1. The lowest BCUT2D eigenvalue weighted by atomic mass is 10.1. The number of anilines is 4. The fraction of sp³-hybridized carbons (Fsp3) is 0.417. The number of piperazine rings is 1. The molecule has 0 bridgehead atoms. The molecule has 0 aliphatic carbocycles. The number of amides is 1. The molecular formula is C24H31N7O2S. The van der Waals surface area contributed by atoms with E-state index in [1.807, 2.05) is 39.0 Å². The summed E-state index contributed by atoms with van der Waals surface area (Å²) in [4.78, 5) is 31.4. The van der Waals surface area contributed by atoms with E-state index in [1.165, 1.54) is 11.3 Å². The van der Waals surface area contributed by atoms with Gasteiger partial charge in [-0.05, 0) is 38.0 Å². The monoisotopic (exact) mass is 481 g/mol. The Bertz CT molecular complexity index is 1140. The molecule has 10 heteroatoms. The minimum Gasteiger partial charge on any atom is -0.395 e. The molecule has 0 unspecified atom stereocenters. The van der Waals surface area contributed by atoms with Gasteiger partial charge in [0.25, 0.3) is 5.91 Å². The Morgan fingerprint density at radius 1 is 1.18 bits per heavy atom. The first-order valence-electron chi connectivity index (χ1n) is 11.5. The highest BCUT2D eigenvalue weighted by atomic mass is 32.1. The predicted octanol–water partition coefficient (Wildman–Crippen LogP) is 3.22. The van der Waals surface area contributed by atoms with Crippen LogP contribution >= 0.6 is 11.3 Å². The van der Waals surface area contributed by atoms with Gasteiger partial charge in [0.2, 0.25) is 0 Å². The Labute approximate surface area is 203 Å². The highest BCUT2D eigenvalue weighted by molar-refractivity contribution is 7.17. The number of aliphatic hydroxyl groups excluding tert-OH is 1. The number of thiazole rings is 1. The third-order valence-electron chi connectivity index (χ3n) is 5.84. The number of carbonyl (C=O) groups is 1. The van der Waals surface area contributed by atoms with E-state index in [9.17, 15) is 4.79 Å². The Kier molecular flexibility index (Phi) is 7.71. The van der Waals surface area contributed by atoms with Gasteiger partial charge in [0.1, 0.15) is 10.7 Å². The van der Waals surface area contributed by atoms with Crippen molar-refractivity contribution in [2.24, 2.45) is 0 Å². The molecule has 3 N–H and O–H groups in total. The maximum Gasteiger partial charge on any atom is 0.267 e. The molecule has 0 atom stereocenters. The van der Waals surface area contributed by atoms with Crippen LogP contribution in [-0.4, -0.2) is 70.2 Å². The standard InChI is InChI=1S/C24H31N7O2S/c1-4-19-22(16(2)5-6-25-19)29-23(33)20-15-26-24(34-20)28-18-13-17(3)27-21(14-18)31-9-7-30(8-10-31)11-12-32/h5-6,13-15,32H,4,7-12H2,1-3H3,(H,29,33)(H,26,27,28). The van der Waals surface area contributed by atoms with Gasteiger partial charge in [-0.15, -0.1) is 0 Å². The molecular weight excluding hydrogens is 450 g/mol. The number of nitrogens with one attached hydrogen (secondary N) is 2. The molecule has 1 amide bonds. The first-order chi connectivity index (χ1) is 16.5. The Balaban J connectivity index is 1.44. The summed E-state index contributed by atoms with van der Waals surface area (Å²) in [6, 6.07) is 5.88. The third kappa shape index (κ3) is 5.69. The quantitative estimate of drug-likeness (QED) is 0.450. The van der Waals surface area contributed by atoms with E-state index in [4.69, 9.17) is 10.1 Å². The van der Waals surface area contributed by atoms with Crippen LogP contribution in [0.15, 0.2) is 30.6 Å². The van der Waals surface area contributed by atoms with E-state index in [-0.39, 0.29) is 12.5 Å². The van der Waals surface area contributed by atoms with Crippen molar-refractivity contribution in [3.05, 3.63) is 52.4 Å². The molecule has 0 spiro atoms. The van der Waals surface area contributed by atoms with Crippen molar-refractivity contribution in [3.63, 3.8) is 0 Å². The maximum atomic E-state index is 12.9. The molecule has 34 heavy (non-hydrogen) atoms. The molecule has 4 rings (SSSR count). The number of hydrogen-bond donors (Lipinski definition) is 3. The van der Waals surface area contributed by atoms with Crippen molar-refractivity contribution in [2.45, 2.75) is 27.2 Å². The van der Waals surface area contributed by atoms with E-state index in [0.717, 1.165) is 66.7 Å². The lowest BCUT2D eigenvalue weighted by molar-refractivity contribution is 0.103. The van der Waals surface area contributed by atoms with Crippen LogP contribution in [0.4, 0.5) is 22.3 Å². The van der Waals surface area contributed by atoms with Gasteiger partial charge < -0.3 is 20.6 Å². The Hall–Kier alpha value is -3.08. The van der Waals surface area contributed by atoms with Gasteiger partial charge in [-0.3, -0.25) is 14.7 Å². The normalized spacial score (nSPS) is 14.3. The first-order valence-corrected chi connectivity index (χ1v) is 12.3. The molecule has 0 aromatic carbocycles. The van der Waals surface area contributed by atoms with Gasteiger partial charge in [-0.1, -0.05) is 18.3 Å². The van der Waals surface area contributed by atoms with Crippen LogP contribution in [0.2, 0.25) is 0 Å². The third-order valence-corrected chi connectivity index (χ3v) is 6.76. The van der Waals surface area contributed by atoms with Crippen molar-refractivity contribution in [1.82, 2.24) is 19.9 Å². The van der Waals surface area contributed by atoms with Crippen molar-refractivity contribution in [1.29, 1.82) is 0 Å². The molecule has 180 valence electrons. The highest BCUT2D eigenvalue weighted by Gasteiger charge is 2.19. The van der Waals surface area contributed by atoms with Crippen LogP contribution in [0.3, 0.4) is 0 Å². The van der Waals surface area contributed by atoms with Crippen molar-refractivity contribution in [3.8, 4) is 0 Å². The van der Waals surface area contributed by atoms with Gasteiger partial charge in [0.15, 0.2) is 5.13 Å². The average molecular weight is 482 g/mol. The largest absolute Gasteiger partial charge is 0.395 e. The van der Waals surface area contributed by atoms with Crippen LogP contribution in [0.1, 0.15) is 33.5 Å². The minimum absolute atomic E-state index is 0.187. The van der Waals surface area contributed by atoms with Gasteiger partial charge in [0, 0.05) is 56.4 Å².